The molecule has 0 unspecified atom stereocenters. The van der Waals surface area contributed by atoms with Gasteiger partial charge in [-0.15, -0.1) is 0 Å². The van der Waals surface area contributed by atoms with Crippen molar-refractivity contribution in [3.8, 4) is 5.75 Å². The molecule has 0 saturated carbocycles. The van der Waals surface area contributed by atoms with Crippen LogP contribution < -0.4 is 4.74 Å². The number of aromatic nitrogens is 2. The Hall–Kier alpha value is -2.02. The normalized spacial score (nSPS) is 13.6. The van der Waals surface area contributed by atoms with Crippen molar-refractivity contribution in [2.24, 2.45) is 7.05 Å². The van der Waals surface area contributed by atoms with Gasteiger partial charge in [-0.05, 0) is 25.1 Å². The molecule has 132 valence electrons. The number of hydrogen-bond donors (Lipinski definition) is 0. The molecule has 1 aromatic heterocycles. The van der Waals surface area contributed by atoms with Crippen molar-refractivity contribution in [2.45, 2.75) is 20.1 Å². The van der Waals surface area contributed by atoms with E-state index < -0.39 is 5.97 Å². The standard InChI is InChI=1S/C17H16Cl2N2O4/c1-10-14(17(19)21(2)20-10)3-4-15(22)24-8-12-6-13(18)5-11-7-23-9-25-16(11)12/h3-6H,7-9H2,1-2H3/b4-3+. The molecule has 0 N–H and O–H groups in total. The van der Waals surface area contributed by atoms with Crippen LogP contribution in [0.15, 0.2) is 18.2 Å². The fourth-order valence-electron chi connectivity index (χ4n) is 2.55. The quantitative estimate of drug-likeness (QED) is 0.596. The number of esters is 1. The van der Waals surface area contributed by atoms with Gasteiger partial charge in [-0.2, -0.15) is 5.10 Å². The van der Waals surface area contributed by atoms with Gasteiger partial charge < -0.3 is 14.2 Å². The number of carbonyl (C=O) groups excluding carboxylic acids is 1. The highest BCUT2D eigenvalue weighted by Gasteiger charge is 2.17. The third-order valence-electron chi connectivity index (χ3n) is 3.70. The number of fused-ring (bicyclic) bond motifs is 1. The van der Waals surface area contributed by atoms with E-state index in [0.29, 0.717) is 33.7 Å². The van der Waals surface area contributed by atoms with Crippen molar-refractivity contribution in [2.75, 3.05) is 6.79 Å². The molecule has 6 nitrogen and oxygen atoms in total. The summed E-state index contributed by atoms with van der Waals surface area (Å²) in [5.74, 6) is 0.152. The minimum Gasteiger partial charge on any atom is -0.467 e. The number of halogens is 2. The van der Waals surface area contributed by atoms with Crippen molar-refractivity contribution >= 4 is 35.2 Å². The number of hydrogen-bond acceptors (Lipinski definition) is 5. The molecule has 0 saturated heterocycles. The zero-order chi connectivity index (χ0) is 18.0. The molecular formula is C17H16Cl2N2O4. The Morgan fingerprint density at radius 2 is 2.24 bits per heavy atom. The molecule has 0 fully saturated rings. The van der Waals surface area contributed by atoms with Gasteiger partial charge in [0, 0.05) is 34.8 Å². The highest BCUT2D eigenvalue weighted by Crippen LogP contribution is 2.32. The van der Waals surface area contributed by atoms with E-state index in [1.54, 1.807) is 29.9 Å². The molecule has 0 aliphatic carbocycles. The first-order valence-electron chi connectivity index (χ1n) is 7.51. The molecular weight excluding hydrogens is 367 g/mol. The maximum Gasteiger partial charge on any atom is 0.331 e. The zero-order valence-electron chi connectivity index (χ0n) is 13.7. The average molecular weight is 383 g/mol. The van der Waals surface area contributed by atoms with Crippen molar-refractivity contribution in [1.82, 2.24) is 9.78 Å². The predicted octanol–water partition coefficient (Wildman–Crippen LogP) is 3.66. The van der Waals surface area contributed by atoms with Crippen LogP contribution in [0.5, 0.6) is 5.75 Å². The number of aryl methyl sites for hydroxylation is 2. The van der Waals surface area contributed by atoms with Gasteiger partial charge in [0.1, 0.15) is 17.5 Å². The van der Waals surface area contributed by atoms with E-state index in [0.717, 1.165) is 11.3 Å². The van der Waals surface area contributed by atoms with Gasteiger partial charge in [-0.25, -0.2) is 4.79 Å². The summed E-state index contributed by atoms with van der Waals surface area (Å²) < 4.78 is 17.5. The molecule has 0 atom stereocenters. The largest absolute Gasteiger partial charge is 0.467 e. The molecule has 1 aromatic carbocycles. The molecule has 1 aliphatic heterocycles. The fraction of sp³-hybridized carbons (Fsp3) is 0.294. The van der Waals surface area contributed by atoms with Gasteiger partial charge in [-0.1, -0.05) is 23.2 Å². The summed E-state index contributed by atoms with van der Waals surface area (Å²) in [6.07, 6.45) is 2.90. The topological polar surface area (TPSA) is 62.6 Å². The third-order valence-corrected chi connectivity index (χ3v) is 4.37. The molecule has 0 spiro atoms. The first kappa shape index (κ1) is 17.8. The number of carbonyl (C=O) groups is 1. The Morgan fingerprint density at radius 3 is 2.96 bits per heavy atom. The van der Waals surface area contributed by atoms with Crippen molar-refractivity contribution < 1.29 is 19.0 Å². The van der Waals surface area contributed by atoms with E-state index in [9.17, 15) is 4.79 Å². The molecule has 8 heteroatoms. The molecule has 25 heavy (non-hydrogen) atoms. The van der Waals surface area contributed by atoms with Crippen molar-refractivity contribution in [1.29, 1.82) is 0 Å². The van der Waals surface area contributed by atoms with Gasteiger partial charge in [0.15, 0.2) is 6.79 Å². The fourth-order valence-corrected chi connectivity index (χ4v) is 3.05. The third kappa shape index (κ3) is 3.98. The summed E-state index contributed by atoms with van der Waals surface area (Å²) in [5, 5.41) is 5.17. The summed E-state index contributed by atoms with van der Waals surface area (Å²) in [7, 11) is 1.73. The van der Waals surface area contributed by atoms with Gasteiger partial charge in [0.05, 0.1) is 12.3 Å². The lowest BCUT2D eigenvalue weighted by Gasteiger charge is -2.20. The molecule has 0 bridgehead atoms. The highest BCUT2D eigenvalue weighted by molar-refractivity contribution is 6.31. The van der Waals surface area contributed by atoms with E-state index >= 15 is 0 Å². The number of ether oxygens (including phenoxy) is 3. The summed E-state index contributed by atoms with van der Waals surface area (Å²) in [5.41, 5.74) is 2.94. The minimum absolute atomic E-state index is 0.0474. The van der Waals surface area contributed by atoms with Crippen LogP contribution in [0.25, 0.3) is 6.08 Å². The Morgan fingerprint density at radius 1 is 1.44 bits per heavy atom. The van der Waals surface area contributed by atoms with Gasteiger partial charge in [0.2, 0.25) is 0 Å². The van der Waals surface area contributed by atoms with E-state index in [-0.39, 0.29) is 13.4 Å². The smallest absolute Gasteiger partial charge is 0.331 e. The van der Waals surface area contributed by atoms with Crippen molar-refractivity contribution in [3.05, 3.63) is 50.8 Å². The first-order valence-corrected chi connectivity index (χ1v) is 8.27. The lowest BCUT2D eigenvalue weighted by molar-refractivity contribution is -0.139. The molecule has 1 aliphatic rings. The van der Waals surface area contributed by atoms with Gasteiger partial charge in [-0.3, -0.25) is 4.68 Å². The van der Waals surface area contributed by atoms with Gasteiger partial charge in [0.25, 0.3) is 0 Å². The van der Waals surface area contributed by atoms with Crippen LogP contribution in [-0.4, -0.2) is 22.5 Å². The maximum absolute atomic E-state index is 12.0. The molecule has 0 amide bonds. The number of rotatable bonds is 4. The van der Waals surface area contributed by atoms with E-state index in [1.165, 1.54) is 6.08 Å². The Kier molecular flexibility index (Phi) is 5.32. The lowest BCUT2D eigenvalue weighted by atomic mass is 10.1. The summed E-state index contributed by atoms with van der Waals surface area (Å²) in [4.78, 5) is 12.0. The van der Waals surface area contributed by atoms with Gasteiger partial charge >= 0.3 is 5.97 Å². The molecule has 0 radical (unpaired) electrons. The van der Waals surface area contributed by atoms with Crippen LogP contribution in [0.1, 0.15) is 22.4 Å². The molecule has 2 aromatic rings. The predicted molar refractivity (Wildman–Crippen MR) is 93.5 cm³/mol. The zero-order valence-corrected chi connectivity index (χ0v) is 15.2. The average Bonchev–Trinajstić information content (AvgIpc) is 2.83. The highest BCUT2D eigenvalue weighted by atomic mass is 35.5. The number of nitrogens with zero attached hydrogens (tertiary/aromatic N) is 2. The maximum atomic E-state index is 12.0. The van der Waals surface area contributed by atoms with E-state index in [2.05, 4.69) is 5.10 Å². The van der Waals surface area contributed by atoms with Crippen LogP contribution in [0, 0.1) is 6.92 Å². The van der Waals surface area contributed by atoms with Crippen LogP contribution >= 0.6 is 23.2 Å². The minimum atomic E-state index is -0.500. The summed E-state index contributed by atoms with van der Waals surface area (Å²) in [6.45, 7) is 2.43. The second-order valence-electron chi connectivity index (χ2n) is 5.52. The Bertz CT molecular complexity index is 846. The van der Waals surface area contributed by atoms with E-state index in [1.807, 2.05) is 6.92 Å². The lowest BCUT2D eigenvalue weighted by Crippen LogP contribution is -2.14. The monoisotopic (exact) mass is 382 g/mol. The Labute approximate surface area is 154 Å². The second-order valence-corrected chi connectivity index (χ2v) is 6.31. The first-order chi connectivity index (χ1) is 12.0. The SMILES string of the molecule is Cc1nn(C)c(Cl)c1/C=C/C(=O)OCc1cc(Cl)cc2c1OCOC2. The second kappa shape index (κ2) is 7.47. The Balaban J connectivity index is 1.69. The van der Waals surface area contributed by atoms with Crippen molar-refractivity contribution in [3.63, 3.8) is 0 Å². The summed E-state index contributed by atoms with van der Waals surface area (Å²) >= 11 is 12.2. The van der Waals surface area contributed by atoms with Crippen LogP contribution in [0.2, 0.25) is 10.2 Å². The van der Waals surface area contributed by atoms with Crippen LogP contribution in [0.4, 0.5) is 0 Å². The van der Waals surface area contributed by atoms with Crippen LogP contribution in [0.3, 0.4) is 0 Å². The molecule has 2 heterocycles. The summed E-state index contributed by atoms with van der Waals surface area (Å²) in [6, 6.07) is 3.49. The van der Waals surface area contributed by atoms with Crippen LogP contribution in [-0.2, 0) is 34.5 Å². The molecule has 3 rings (SSSR count). The van der Waals surface area contributed by atoms with E-state index in [4.69, 9.17) is 37.4 Å². The number of benzene rings is 1.